The minimum Gasteiger partial charge on any atom is -0.490 e. The van der Waals surface area contributed by atoms with E-state index in [0.29, 0.717) is 24.2 Å². The molecule has 0 aromatic heterocycles. The Morgan fingerprint density at radius 2 is 1.69 bits per heavy atom. The highest BCUT2D eigenvalue weighted by Crippen LogP contribution is 2.25. The molecule has 1 aliphatic rings. The van der Waals surface area contributed by atoms with Gasteiger partial charge in [0, 0.05) is 13.5 Å². The smallest absolute Gasteiger partial charge is 0.258 e. The fraction of sp³-hybridized carbons (Fsp3) is 0.385. The van der Waals surface area contributed by atoms with Crippen molar-refractivity contribution < 1.29 is 18.7 Å². The Morgan fingerprint density at radius 1 is 1.03 bits per heavy atom. The van der Waals surface area contributed by atoms with E-state index in [1.54, 1.807) is 37.4 Å². The quantitative estimate of drug-likeness (QED) is 0.679. The van der Waals surface area contributed by atoms with Crippen LogP contribution in [0.2, 0.25) is 0 Å². The molecule has 0 saturated carbocycles. The molecule has 2 aromatic rings. The van der Waals surface area contributed by atoms with Crippen molar-refractivity contribution in [1.29, 1.82) is 0 Å². The average molecular weight is 439 g/mol. The highest BCUT2D eigenvalue weighted by Gasteiger charge is 2.33. The molecule has 3 atom stereocenters. The molecule has 170 valence electrons. The number of carbonyl (C=O) groups is 2. The first kappa shape index (κ1) is 23.5. The van der Waals surface area contributed by atoms with E-state index in [1.165, 1.54) is 17.0 Å². The third-order valence-corrected chi connectivity index (χ3v) is 5.68. The second-order valence-corrected chi connectivity index (χ2v) is 8.59. The molecule has 2 aromatic carbocycles. The van der Waals surface area contributed by atoms with Crippen LogP contribution in [-0.4, -0.2) is 35.9 Å². The molecule has 0 radical (unpaired) electrons. The van der Waals surface area contributed by atoms with E-state index in [9.17, 15) is 14.0 Å². The lowest BCUT2D eigenvalue weighted by Crippen LogP contribution is -2.51. The molecule has 32 heavy (non-hydrogen) atoms. The van der Waals surface area contributed by atoms with Gasteiger partial charge in [-0.05, 0) is 49.1 Å². The number of hydrogen-bond donors (Lipinski definition) is 1. The summed E-state index contributed by atoms with van der Waals surface area (Å²) in [5, 5.41) is 3.09. The summed E-state index contributed by atoms with van der Waals surface area (Å²) in [6, 6.07) is 12.2. The Kier molecular flexibility index (Phi) is 7.67. The highest BCUT2D eigenvalue weighted by molar-refractivity contribution is 5.99. The standard InChI is InChI=1S/C26H31FN2O3/c1-17(2)24-25(30)28-22(19-13-15-20(27)16-14-19)11-7-5-9-18(3)32-23-12-8-6-10-21(23)26(31)29(24)4/h5-8,10,12-18,22,24H,9,11H2,1-4H3,(H,28,30)/b7-5-/t18-,22+,24-/m0/s1. The molecule has 2 amide bonds. The normalized spacial score (nSPS) is 23.7. The highest BCUT2D eigenvalue weighted by atomic mass is 19.1. The summed E-state index contributed by atoms with van der Waals surface area (Å²) in [6.45, 7) is 5.78. The molecule has 0 bridgehead atoms. The van der Waals surface area contributed by atoms with Crippen molar-refractivity contribution in [2.24, 2.45) is 5.92 Å². The number of ether oxygens (including phenoxy) is 1. The lowest BCUT2D eigenvalue weighted by atomic mass is 9.98. The second-order valence-electron chi connectivity index (χ2n) is 8.59. The van der Waals surface area contributed by atoms with Crippen LogP contribution >= 0.6 is 0 Å². The molecule has 0 aliphatic carbocycles. The van der Waals surface area contributed by atoms with Crippen molar-refractivity contribution in [1.82, 2.24) is 10.2 Å². The first-order chi connectivity index (χ1) is 15.3. The lowest BCUT2D eigenvalue weighted by molar-refractivity contribution is -0.127. The minimum atomic E-state index is -0.678. The Hall–Kier alpha value is -3.15. The minimum absolute atomic E-state index is 0.117. The van der Waals surface area contributed by atoms with Gasteiger partial charge in [-0.3, -0.25) is 9.59 Å². The van der Waals surface area contributed by atoms with Gasteiger partial charge >= 0.3 is 0 Å². The Morgan fingerprint density at radius 3 is 2.38 bits per heavy atom. The van der Waals surface area contributed by atoms with Gasteiger partial charge in [0.25, 0.3) is 5.91 Å². The van der Waals surface area contributed by atoms with Gasteiger partial charge in [-0.15, -0.1) is 0 Å². The first-order valence-corrected chi connectivity index (χ1v) is 11.0. The Balaban J connectivity index is 1.99. The summed E-state index contributed by atoms with van der Waals surface area (Å²) in [4.78, 5) is 28.2. The first-order valence-electron chi connectivity index (χ1n) is 11.0. The fourth-order valence-electron chi connectivity index (χ4n) is 4.00. The van der Waals surface area contributed by atoms with Crippen LogP contribution in [0.15, 0.2) is 60.7 Å². The molecule has 0 saturated heterocycles. The van der Waals surface area contributed by atoms with Crippen LogP contribution in [0, 0.1) is 11.7 Å². The van der Waals surface area contributed by atoms with E-state index in [4.69, 9.17) is 4.74 Å². The predicted octanol–water partition coefficient (Wildman–Crippen LogP) is 4.90. The number of hydrogen-bond acceptors (Lipinski definition) is 3. The number of halogens is 1. The number of amides is 2. The van der Waals surface area contributed by atoms with Gasteiger partial charge in [-0.2, -0.15) is 0 Å². The topological polar surface area (TPSA) is 58.6 Å². The molecule has 0 spiro atoms. The van der Waals surface area contributed by atoms with Gasteiger partial charge in [0.15, 0.2) is 0 Å². The number of nitrogens with zero attached hydrogens (tertiary/aromatic N) is 1. The van der Waals surface area contributed by atoms with Gasteiger partial charge < -0.3 is 15.0 Å². The summed E-state index contributed by atoms with van der Waals surface area (Å²) in [5.41, 5.74) is 1.24. The largest absolute Gasteiger partial charge is 0.490 e. The zero-order valence-corrected chi connectivity index (χ0v) is 19.0. The van der Waals surface area contributed by atoms with Crippen LogP contribution in [0.3, 0.4) is 0 Å². The molecular formula is C26H31FN2O3. The summed E-state index contributed by atoms with van der Waals surface area (Å²) >= 11 is 0. The SMILES string of the molecule is CC(C)[C@H]1C(=O)N[C@@H](c2ccc(F)cc2)C/C=C\C[C@H](C)Oc2ccccc2C(=O)N1C. The zero-order valence-electron chi connectivity index (χ0n) is 19.0. The van der Waals surface area contributed by atoms with Gasteiger partial charge in [-0.25, -0.2) is 4.39 Å². The fourth-order valence-corrected chi connectivity index (χ4v) is 4.00. The van der Waals surface area contributed by atoms with Crippen LogP contribution < -0.4 is 10.1 Å². The Labute approximate surface area is 189 Å². The maximum atomic E-state index is 13.4. The number of para-hydroxylation sites is 1. The maximum Gasteiger partial charge on any atom is 0.258 e. The molecule has 1 N–H and O–H groups in total. The molecular weight excluding hydrogens is 407 g/mol. The zero-order chi connectivity index (χ0) is 23.3. The van der Waals surface area contributed by atoms with E-state index in [-0.39, 0.29) is 35.7 Å². The molecule has 5 nitrogen and oxygen atoms in total. The number of rotatable bonds is 2. The lowest BCUT2D eigenvalue weighted by Gasteiger charge is -2.32. The molecule has 0 unspecified atom stereocenters. The summed E-state index contributed by atoms with van der Waals surface area (Å²) in [6.07, 6.45) is 5.08. The second kappa shape index (κ2) is 10.4. The van der Waals surface area contributed by atoms with E-state index in [0.717, 1.165) is 5.56 Å². The van der Waals surface area contributed by atoms with Crippen molar-refractivity contribution >= 4 is 11.8 Å². The number of carbonyl (C=O) groups excluding carboxylic acids is 2. The molecule has 3 rings (SSSR count). The number of benzene rings is 2. The number of likely N-dealkylation sites (N-methyl/N-ethyl adjacent to an activating group) is 1. The van der Waals surface area contributed by atoms with Gasteiger partial charge in [0.05, 0.1) is 17.7 Å². The number of fused-ring (bicyclic) bond motifs is 1. The van der Waals surface area contributed by atoms with Crippen molar-refractivity contribution in [2.45, 2.75) is 51.8 Å². The molecule has 0 fully saturated rings. The summed E-state index contributed by atoms with van der Waals surface area (Å²) in [5.74, 6) is -0.454. The van der Waals surface area contributed by atoms with Gasteiger partial charge in [0.2, 0.25) is 5.91 Å². The third-order valence-electron chi connectivity index (χ3n) is 5.68. The van der Waals surface area contributed by atoms with Crippen LogP contribution in [0.1, 0.15) is 55.6 Å². The summed E-state index contributed by atoms with van der Waals surface area (Å²) < 4.78 is 19.5. The number of nitrogens with one attached hydrogen (secondary N) is 1. The average Bonchev–Trinajstić information content (AvgIpc) is 2.75. The van der Waals surface area contributed by atoms with Gasteiger partial charge in [-0.1, -0.05) is 50.3 Å². The Bertz CT molecular complexity index is 971. The van der Waals surface area contributed by atoms with E-state index in [2.05, 4.69) is 5.32 Å². The van der Waals surface area contributed by atoms with Gasteiger partial charge in [0.1, 0.15) is 17.6 Å². The van der Waals surface area contributed by atoms with Crippen LogP contribution in [0.25, 0.3) is 0 Å². The van der Waals surface area contributed by atoms with Crippen molar-refractivity contribution in [3.63, 3.8) is 0 Å². The van der Waals surface area contributed by atoms with E-state index in [1.807, 2.05) is 39.0 Å². The third kappa shape index (κ3) is 5.55. The molecule has 1 heterocycles. The van der Waals surface area contributed by atoms with Crippen LogP contribution in [0.4, 0.5) is 4.39 Å². The maximum absolute atomic E-state index is 13.4. The van der Waals surface area contributed by atoms with E-state index >= 15 is 0 Å². The van der Waals surface area contributed by atoms with Crippen molar-refractivity contribution in [2.75, 3.05) is 7.05 Å². The summed E-state index contributed by atoms with van der Waals surface area (Å²) in [7, 11) is 1.64. The predicted molar refractivity (Wildman–Crippen MR) is 123 cm³/mol. The molecule has 1 aliphatic heterocycles. The van der Waals surface area contributed by atoms with E-state index < -0.39 is 6.04 Å². The monoisotopic (exact) mass is 438 g/mol. The van der Waals surface area contributed by atoms with Crippen molar-refractivity contribution in [3.05, 3.63) is 77.6 Å². The van der Waals surface area contributed by atoms with Crippen LogP contribution in [-0.2, 0) is 4.79 Å². The van der Waals surface area contributed by atoms with Crippen molar-refractivity contribution in [3.8, 4) is 5.75 Å². The van der Waals surface area contributed by atoms with Crippen LogP contribution in [0.5, 0.6) is 5.75 Å². The molecule has 6 heteroatoms.